The highest BCUT2D eigenvalue weighted by atomic mass is 16.6. The van der Waals surface area contributed by atoms with Crippen LogP contribution in [0.4, 0.5) is 0 Å². The standard InChI is InChI=1S/C10H10N2O3/c1-2-15-12-7-5-3-4-6-8(7)9(13)10(14)11-6/h3-5,8H,2H2,1H3,(H,11,14). The molecule has 5 nitrogen and oxygen atoms in total. The molecule has 78 valence electrons. The molecule has 0 aromatic carbocycles. The quantitative estimate of drug-likeness (QED) is 0.516. The van der Waals surface area contributed by atoms with Gasteiger partial charge in [0.25, 0.3) is 5.91 Å². The Hall–Kier alpha value is -1.91. The molecule has 1 fully saturated rings. The van der Waals surface area contributed by atoms with E-state index in [1.165, 1.54) is 0 Å². The molecule has 0 radical (unpaired) electrons. The SMILES string of the molecule is CCON=C1C=CC=C2NC(=O)C(=O)C21. The Bertz CT molecular complexity index is 407. The zero-order chi connectivity index (χ0) is 10.8. The third kappa shape index (κ3) is 1.56. The fourth-order valence-corrected chi connectivity index (χ4v) is 1.54. The third-order valence-electron chi connectivity index (χ3n) is 2.19. The summed E-state index contributed by atoms with van der Waals surface area (Å²) in [6.45, 7) is 2.23. The molecular formula is C10H10N2O3. The first-order chi connectivity index (χ1) is 7.24. The van der Waals surface area contributed by atoms with Crippen LogP contribution in [0.15, 0.2) is 29.1 Å². The lowest BCUT2D eigenvalue weighted by Crippen LogP contribution is -2.23. The number of rotatable bonds is 2. The van der Waals surface area contributed by atoms with E-state index in [4.69, 9.17) is 4.84 Å². The van der Waals surface area contributed by atoms with E-state index in [2.05, 4.69) is 10.5 Å². The van der Waals surface area contributed by atoms with Crippen molar-refractivity contribution < 1.29 is 14.4 Å². The van der Waals surface area contributed by atoms with Crippen molar-refractivity contribution >= 4 is 17.4 Å². The van der Waals surface area contributed by atoms with Crippen LogP contribution in [-0.4, -0.2) is 24.0 Å². The number of hydrogen-bond donors (Lipinski definition) is 1. The van der Waals surface area contributed by atoms with E-state index in [-0.39, 0.29) is 0 Å². The van der Waals surface area contributed by atoms with Gasteiger partial charge in [-0.2, -0.15) is 0 Å². The van der Waals surface area contributed by atoms with Gasteiger partial charge in [-0.3, -0.25) is 9.59 Å². The minimum Gasteiger partial charge on any atom is -0.396 e. The molecule has 1 aliphatic carbocycles. The van der Waals surface area contributed by atoms with E-state index in [0.717, 1.165) is 0 Å². The van der Waals surface area contributed by atoms with Gasteiger partial charge in [-0.25, -0.2) is 0 Å². The average Bonchev–Trinajstić information content (AvgIpc) is 2.53. The zero-order valence-electron chi connectivity index (χ0n) is 8.19. The molecule has 1 aliphatic heterocycles. The normalized spacial score (nSPS) is 26.3. The molecule has 5 heteroatoms. The fraction of sp³-hybridized carbons (Fsp3) is 0.300. The first-order valence-electron chi connectivity index (χ1n) is 4.67. The number of carbonyl (C=O) groups excluding carboxylic acids is 2. The van der Waals surface area contributed by atoms with Crippen molar-refractivity contribution in [3.8, 4) is 0 Å². The average molecular weight is 206 g/mol. The van der Waals surface area contributed by atoms with Gasteiger partial charge in [0.1, 0.15) is 12.5 Å². The number of ketones is 1. The summed E-state index contributed by atoms with van der Waals surface area (Å²) in [4.78, 5) is 27.5. The van der Waals surface area contributed by atoms with Crippen LogP contribution in [-0.2, 0) is 14.4 Å². The van der Waals surface area contributed by atoms with Gasteiger partial charge in [0.05, 0.1) is 5.71 Å². The largest absolute Gasteiger partial charge is 0.396 e. The van der Waals surface area contributed by atoms with Crippen LogP contribution in [0.1, 0.15) is 6.92 Å². The smallest absolute Gasteiger partial charge is 0.292 e. The summed E-state index contributed by atoms with van der Waals surface area (Å²) >= 11 is 0. The molecule has 1 atom stereocenters. The van der Waals surface area contributed by atoms with Crippen molar-refractivity contribution in [3.63, 3.8) is 0 Å². The summed E-state index contributed by atoms with van der Waals surface area (Å²) in [5, 5.41) is 6.30. The van der Waals surface area contributed by atoms with Crippen LogP contribution in [0, 0.1) is 5.92 Å². The Morgan fingerprint density at radius 1 is 1.53 bits per heavy atom. The third-order valence-corrected chi connectivity index (χ3v) is 2.19. The first-order valence-corrected chi connectivity index (χ1v) is 4.67. The molecular weight excluding hydrogens is 196 g/mol. The van der Waals surface area contributed by atoms with Gasteiger partial charge in [0, 0.05) is 5.70 Å². The molecule has 0 saturated carbocycles. The lowest BCUT2D eigenvalue weighted by atomic mass is 9.94. The number of nitrogens with zero attached hydrogens (tertiary/aromatic N) is 1. The van der Waals surface area contributed by atoms with Gasteiger partial charge in [0.15, 0.2) is 0 Å². The second-order valence-electron chi connectivity index (χ2n) is 3.17. The number of carbonyl (C=O) groups is 2. The Balaban J connectivity index is 2.30. The molecule has 15 heavy (non-hydrogen) atoms. The van der Waals surface area contributed by atoms with E-state index in [9.17, 15) is 9.59 Å². The minimum absolute atomic E-state index is 0.429. The number of nitrogens with one attached hydrogen (secondary N) is 1. The Labute approximate surface area is 86.5 Å². The van der Waals surface area contributed by atoms with E-state index < -0.39 is 17.6 Å². The van der Waals surface area contributed by atoms with E-state index in [1.807, 2.05) is 0 Å². The molecule has 1 N–H and O–H groups in total. The molecule has 0 aromatic heterocycles. The molecule has 1 saturated heterocycles. The zero-order valence-corrected chi connectivity index (χ0v) is 8.19. The van der Waals surface area contributed by atoms with Crippen LogP contribution in [0.3, 0.4) is 0 Å². The summed E-state index contributed by atoms with van der Waals surface area (Å²) in [6.07, 6.45) is 5.09. The Morgan fingerprint density at radius 3 is 3.07 bits per heavy atom. The number of amides is 1. The number of fused-ring (bicyclic) bond motifs is 1. The molecule has 0 bridgehead atoms. The van der Waals surface area contributed by atoms with Crippen molar-refractivity contribution in [1.29, 1.82) is 0 Å². The maximum absolute atomic E-state index is 11.5. The first kappa shape index (κ1) is 9.64. The number of oxime groups is 1. The predicted molar refractivity (Wildman–Crippen MR) is 52.9 cm³/mol. The Morgan fingerprint density at radius 2 is 2.33 bits per heavy atom. The van der Waals surface area contributed by atoms with Gasteiger partial charge in [0.2, 0.25) is 5.78 Å². The van der Waals surface area contributed by atoms with Crippen molar-refractivity contribution in [2.45, 2.75) is 6.92 Å². The summed E-state index contributed by atoms with van der Waals surface area (Å²) in [6, 6.07) is 0. The molecule has 2 aliphatic rings. The van der Waals surface area contributed by atoms with Crippen molar-refractivity contribution in [1.82, 2.24) is 5.32 Å². The summed E-state index contributed by atoms with van der Waals surface area (Å²) in [7, 11) is 0. The van der Waals surface area contributed by atoms with Crippen LogP contribution in [0.25, 0.3) is 0 Å². The van der Waals surface area contributed by atoms with Gasteiger partial charge in [-0.1, -0.05) is 11.2 Å². The lowest BCUT2D eigenvalue weighted by molar-refractivity contribution is -0.135. The fourth-order valence-electron chi connectivity index (χ4n) is 1.54. The number of hydrogen-bond acceptors (Lipinski definition) is 4. The van der Waals surface area contributed by atoms with Crippen molar-refractivity contribution in [2.24, 2.45) is 11.1 Å². The maximum Gasteiger partial charge on any atom is 0.292 e. The summed E-state index contributed by atoms with van der Waals surface area (Å²) in [5.41, 5.74) is 1.05. The predicted octanol–water partition coefficient (Wildman–Crippen LogP) is 0.148. The molecule has 1 amide bonds. The molecule has 0 aromatic rings. The monoisotopic (exact) mass is 206 g/mol. The van der Waals surface area contributed by atoms with E-state index in [1.54, 1.807) is 25.2 Å². The highest BCUT2D eigenvalue weighted by Crippen LogP contribution is 2.22. The molecule has 2 rings (SSSR count). The second-order valence-corrected chi connectivity index (χ2v) is 3.17. The van der Waals surface area contributed by atoms with Crippen LogP contribution in [0.2, 0.25) is 0 Å². The van der Waals surface area contributed by atoms with Gasteiger partial charge >= 0.3 is 0 Å². The Kier molecular flexibility index (Phi) is 2.37. The van der Waals surface area contributed by atoms with E-state index in [0.29, 0.717) is 18.0 Å². The summed E-state index contributed by atoms with van der Waals surface area (Å²) < 4.78 is 0. The number of allylic oxidation sites excluding steroid dienone is 4. The maximum atomic E-state index is 11.5. The molecule has 1 heterocycles. The highest BCUT2D eigenvalue weighted by Gasteiger charge is 2.40. The van der Waals surface area contributed by atoms with Crippen molar-refractivity contribution in [2.75, 3.05) is 6.61 Å². The van der Waals surface area contributed by atoms with Crippen LogP contribution >= 0.6 is 0 Å². The lowest BCUT2D eigenvalue weighted by Gasteiger charge is -2.11. The minimum atomic E-state index is -0.603. The second kappa shape index (κ2) is 3.68. The number of Topliss-reactive ketones (excluding diaryl/α,β-unsaturated/α-hetero) is 1. The van der Waals surface area contributed by atoms with Crippen LogP contribution in [0.5, 0.6) is 0 Å². The van der Waals surface area contributed by atoms with Gasteiger partial charge < -0.3 is 10.2 Å². The van der Waals surface area contributed by atoms with Gasteiger partial charge in [-0.15, -0.1) is 0 Å². The van der Waals surface area contributed by atoms with Gasteiger partial charge in [-0.05, 0) is 19.1 Å². The highest BCUT2D eigenvalue weighted by molar-refractivity contribution is 6.45. The van der Waals surface area contributed by atoms with Crippen molar-refractivity contribution in [3.05, 3.63) is 23.9 Å². The topological polar surface area (TPSA) is 67.8 Å². The van der Waals surface area contributed by atoms with Crippen LogP contribution < -0.4 is 5.32 Å². The summed E-state index contributed by atoms with van der Waals surface area (Å²) in [5.74, 6) is -1.67. The molecule has 0 spiro atoms. The molecule has 1 unspecified atom stereocenters. The van der Waals surface area contributed by atoms with E-state index >= 15 is 0 Å².